The van der Waals surface area contributed by atoms with Crippen LogP contribution in [0.3, 0.4) is 0 Å². The minimum atomic E-state index is -0.210. The van der Waals surface area contributed by atoms with E-state index in [0.29, 0.717) is 18.1 Å². The highest BCUT2D eigenvalue weighted by Crippen LogP contribution is 2.18. The van der Waals surface area contributed by atoms with Crippen molar-refractivity contribution in [3.63, 3.8) is 0 Å². The smallest absolute Gasteiger partial charge is 0.287 e. The molecule has 2 aromatic rings. The number of hydrogen-bond donors (Lipinski definition) is 2. The van der Waals surface area contributed by atoms with E-state index in [1.165, 1.54) is 0 Å². The molecule has 0 unspecified atom stereocenters. The maximum Gasteiger partial charge on any atom is 0.287 e. The van der Waals surface area contributed by atoms with E-state index in [2.05, 4.69) is 33.5 Å². The van der Waals surface area contributed by atoms with Crippen LogP contribution in [0.5, 0.6) is 5.75 Å². The summed E-state index contributed by atoms with van der Waals surface area (Å²) in [5.41, 5.74) is 0. The van der Waals surface area contributed by atoms with Crippen LogP contribution in [0, 0.1) is 0 Å². The molecule has 5 nitrogen and oxygen atoms in total. The van der Waals surface area contributed by atoms with Gasteiger partial charge >= 0.3 is 0 Å². The van der Waals surface area contributed by atoms with Gasteiger partial charge in [-0.3, -0.25) is 4.79 Å². The van der Waals surface area contributed by atoms with Crippen molar-refractivity contribution in [1.82, 2.24) is 10.6 Å². The van der Waals surface area contributed by atoms with E-state index < -0.39 is 0 Å². The Morgan fingerprint density at radius 1 is 1.13 bits per heavy atom. The van der Waals surface area contributed by atoms with Gasteiger partial charge in [0.05, 0.1) is 0 Å². The first-order valence-corrected chi connectivity index (χ1v) is 8.44. The standard InChI is InChI=1S/C17H21BrN2O3/c1-2-9-19-10-11-20-17(21)16-8-7-15(23-16)12-22-14-5-3-13(18)4-6-14/h3-8,19H,2,9-12H2,1H3,(H,20,21). The predicted molar refractivity (Wildman–Crippen MR) is 92.7 cm³/mol. The minimum absolute atomic E-state index is 0.210. The summed E-state index contributed by atoms with van der Waals surface area (Å²) >= 11 is 3.37. The molecule has 0 aliphatic carbocycles. The molecular formula is C17H21BrN2O3. The van der Waals surface area contributed by atoms with Crippen molar-refractivity contribution in [2.45, 2.75) is 20.0 Å². The highest BCUT2D eigenvalue weighted by Gasteiger charge is 2.10. The van der Waals surface area contributed by atoms with E-state index in [4.69, 9.17) is 9.15 Å². The van der Waals surface area contributed by atoms with E-state index in [1.807, 2.05) is 24.3 Å². The van der Waals surface area contributed by atoms with Gasteiger partial charge in [0.2, 0.25) is 0 Å². The maximum absolute atomic E-state index is 11.9. The number of benzene rings is 1. The van der Waals surface area contributed by atoms with Crippen molar-refractivity contribution >= 4 is 21.8 Å². The molecule has 2 rings (SSSR count). The fraction of sp³-hybridized carbons (Fsp3) is 0.353. The fourth-order valence-corrected chi connectivity index (χ4v) is 2.18. The summed E-state index contributed by atoms with van der Waals surface area (Å²) in [6.07, 6.45) is 1.08. The molecule has 0 saturated heterocycles. The van der Waals surface area contributed by atoms with Gasteiger partial charge in [-0.15, -0.1) is 0 Å². The molecule has 23 heavy (non-hydrogen) atoms. The van der Waals surface area contributed by atoms with Crippen molar-refractivity contribution < 1.29 is 13.9 Å². The molecule has 0 aliphatic rings. The predicted octanol–water partition coefficient (Wildman–Crippen LogP) is 3.35. The number of carbonyl (C=O) groups is 1. The summed E-state index contributed by atoms with van der Waals surface area (Å²) in [5.74, 6) is 1.45. The van der Waals surface area contributed by atoms with Gasteiger partial charge in [-0.25, -0.2) is 0 Å². The minimum Gasteiger partial charge on any atom is -0.486 e. The molecule has 124 valence electrons. The summed E-state index contributed by atoms with van der Waals surface area (Å²) in [6, 6.07) is 11.0. The van der Waals surface area contributed by atoms with E-state index >= 15 is 0 Å². The Hall–Kier alpha value is -1.79. The monoisotopic (exact) mass is 380 g/mol. The third-order valence-corrected chi connectivity index (χ3v) is 3.62. The molecule has 0 fully saturated rings. The fourth-order valence-electron chi connectivity index (χ4n) is 1.92. The van der Waals surface area contributed by atoms with Crippen LogP contribution >= 0.6 is 15.9 Å². The lowest BCUT2D eigenvalue weighted by atomic mass is 10.3. The normalized spacial score (nSPS) is 10.5. The summed E-state index contributed by atoms with van der Waals surface area (Å²) in [4.78, 5) is 11.9. The van der Waals surface area contributed by atoms with Gasteiger partial charge in [-0.1, -0.05) is 22.9 Å². The Morgan fingerprint density at radius 3 is 2.65 bits per heavy atom. The van der Waals surface area contributed by atoms with Crippen LogP contribution in [-0.2, 0) is 6.61 Å². The Bertz CT molecular complexity index is 611. The Balaban J connectivity index is 1.76. The summed E-state index contributed by atoms with van der Waals surface area (Å²) in [5, 5.41) is 6.03. The Kier molecular flexibility index (Phi) is 7.16. The largest absolute Gasteiger partial charge is 0.486 e. The highest BCUT2D eigenvalue weighted by atomic mass is 79.9. The zero-order valence-electron chi connectivity index (χ0n) is 13.1. The van der Waals surface area contributed by atoms with Gasteiger partial charge in [0.1, 0.15) is 18.1 Å². The lowest BCUT2D eigenvalue weighted by Crippen LogP contribution is -2.31. The number of halogens is 1. The van der Waals surface area contributed by atoms with Crippen LogP contribution in [0.2, 0.25) is 0 Å². The quantitative estimate of drug-likeness (QED) is 0.654. The lowest BCUT2D eigenvalue weighted by Gasteiger charge is -2.05. The van der Waals surface area contributed by atoms with Crippen LogP contribution in [-0.4, -0.2) is 25.5 Å². The molecule has 0 saturated carbocycles. The van der Waals surface area contributed by atoms with Crippen LogP contribution in [0.1, 0.15) is 29.7 Å². The van der Waals surface area contributed by atoms with Crippen molar-refractivity contribution in [2.24, 2.45) is 0 Å². The summed E-state index contributed by atoms with van der Waals surface area (Å²) < 4.78 is 12.1. The lowest BCUT2D eigenvalue weighted by molar-refractivity contribution is 0.0922. The number of nitrogens with one attached hydrogen (secondary N) is 2. The van der Waals surface area contributed by atoms with Crippen molar-refractivity contribution in [3.05, 3.63) is 52.4 Å². The van der Waals surface area contributed by atoms with E-state index in [9.17, 15) is 4.79 Å². The van der Waals surface area contributed by atoms with Gasteiger partial charge in [-0.2, -0.15) is 0 Å². The molecule has 0 radical (unpaired) electrons. The zero-order chi connectivity index (χ0) is 16.5. The molecule has 1 aromatic carbocycles. The van der Waals surface area contributed by atoms with Gasteiger partial charge in [0.15, 0.2) is 5.76 Å². The molecule has 6 heteroatoms. The van der Waals surface area contributed by atoms with Crippen LogP contribution in [0.25, 0.3) is 0 Å². The second-order valence-corrected chi connectivity index (χ2v) is 5.93. The number of amides is 1. The molecular weight excluding hydrogens is 360 g/mol. The molecule has 0 aliphatic heterocycles. The summed E-state index contributed by atoms with van der Waals surface area (Å²) in [6.45, 7) is 4.66. The van der Waals surface area contributed by atoms with Crippen LogP contribution < -0.4 is 15.4 Å². The van der Waals surface area contributed by atoms with Crippen LogP contribution in [0.4, 0.5) is 0 Å². The third kappa shape index (κ3) is 6.08. The number of rotatable bonds is 9. The molecule has 0 atom stereocenters. The number of hydrogen-bond acceptors (Lipinski definition) is 4. The second kappa shape index (κ2) is 9.37. The third-order valence-electron chi connectivity index (χ3n) is 3.09. The number of carbonyl (C=O) groups excluding carboxylic acids is 1. The van der Waals surface area contributed by atoms with Crippen molar-refractivity contribution in [2.75, 3.05) is 19.6 Å². The molecule has 1 heterocycles. The molecule has 2 N–H and O–H groups in total. The Morgan fingerprint density at radius 2 is 1.91 bits per heavy atom. The van der Waals surface area contributed by atoms with E-state index in [0.717, 1.165) is 29.7 Å². The van der Waals surface area contributed by atoms with Crippen LogP contribution in [0.15, 0.2) is 45.3 Å². The van der Waals surface area contributed by atoms with Gasteiger partial charge in [0, 0.05) is 17.6 Å². The molecule has 0 bridgehead atoms. The number of furan rings is 1. The topological polar surface area (TPSA) is 63.5 Å². The average Bonchev–Trinajstić information content (AvgIpc) is 3.03. The highest BCUT2D eigenvalue weighted by molar-refractivity contribution is 9.10. The molecule has 0 spiro atoms. The molecule has 1 amide bonds. The number of ether oxygens (including phenoxy) is 1. The van der Waals surface area contributed by atoms with Gasteiger partial charge in [-0.05, 0) is 49.4 Å². The first-order chi connectivity index (χ1) is 11.2. The molecule has 1 aromatic heterocycles. The van der Waals surface area contributed by atoms with E-state index in [1.54, 1.807) is 12.1 Å². The van der Waals surface area contributed by atoms with Gasteiger partial charge < -0.3 is 19.8 Å². The van der Waals surface area contributed by atoms with Gasteiger partial charge in [0.25, 0.3) is 5.91 Å². The maximum atomic E-state index is 11.9. The first-order valence-electron chi connectivity index (χ1n) is 7.65. The first kappa shape index (κ1) is 17.6. The summed E-state index contributed by atoms with van der Waals surface area (Å²) in [7, 11) is 0. The zero-order valence-corrected chi connectivity index (χ0v) is 14.7. The van der Waals surface area contributed by atoms with E-state index in [-0.39, 0.29) is 12.5 Å². The average molecular weight is 381 g/mol. The van der Waals surface area contributed by atoms with Crippen molar-refractivity contribution in [1.29, 1.82) is 0 Å². The SMILES string of the molecule is CCCNCCNC(=O)c1ccc(COc2ccc(Br)cc2)o1. The Labute approximate surface area is 144 Å². The second-order valence-electron chi connectivity index (χ2n) is 5.01. The van der Waals surface area contributed by atoms with Crippen molar-refractivity contribution in [3.8, 4) is 5.75 Å².